The monoisotopic (exact) mass is 373 g/mol. The van der Waals surface area contributed by atoms with Crippen molar-refractivity contribution in [1.29, 1.82) is 0 Å². The number of benzene rings is 1. The van der Waals surface area contributed by atoms with Crippen LogP contribution < -0.4 is 20.9 Å². The van der Waals surface area contributed by atoms with E-state index in [1.165, 1.54) is 6.20 Å². The molecular formula is C20H27N3O4. The minimum absolute atomic E-state index is 0.255. The Balaban J connectivity index is 2.79. The van der Waals surface area contributed by atoms with Crippen LogP contribution in [-0.4, -0.2) is 32.6 Å². The minimum Gasteiger partial charge on any atom is -0.493 e. The van der Waals surface area contributed by atoms with E-state index in [2.05, 4.69) is 4.99 Å². The third-order valence-corrected chi connectivity index (χ3v) is 4.37. The third kappa shape index (κ3) is 3.92. The average Bonchev–Trinajstić information content (AvgIpc) is 2.67. The molecule has 0 saturated heterocycles. The molecule has 0 bridgehead atoms. The van der Waals surface area contributed by atoms with E-state index in [1.807, 2.05) is 19.1 Å². The van der Waals surface area contributed by atoms with Crippen molar-refractivity contribution in [3.63, 3.8) is 0 Å². The van der Waals surface area contributed by atoms with Crippen molar-refractivity contribution in [1.82, 2.24) is 0 Å². The van der Waals surface area contributed by atoms with E-state index in [0.717, 1.165) is 6.42 Å². The summed E-state index contributed by atoms with van der Waals surface area (Å²) in [6.07, 6.45) is 2.78. The largest absolute Gasteiger partial charge is 0.493 e. The molecule has 0 saturated carbocycles. The Kier molecular flexibility index (Phi) is 6.87. The smallest absolute Gasteiger partial charge is 0.336 e. The van der Waals surface area contributed by atoms with Gasteiger partial charge in [0.1, 0.15) is 5.84 Å². The first kappa shape index (κ1) is 20.4. The second kappa shape index (κ2) is 9.12. The Hall–Kier alpha value is -2.96. The number of nitrogens with two attached hydrogens (primary N) is 2. The van der Waals surface area contributed by atoms with Crippen LogP contribution in [0.15, 0.2) is 46.2 Å². The van der Waals surface area contributed by atoms with Gasteiger partial charge in [-0.05, 0) is 19.4 Å². The number of carbonyl (C=O) groups excluding carboxylic acids is 1. The van der Waals surface area contributed by atoms with Crippen LogP contribution in [0.2, 0.25) is 0 Å². The van der Waals surface area contributed by atoms with Gasteiger partial charge in [-0.1, -0.05) is 25.5 Å². The summed E-state index contributed by atoms with van der Waals surface area (Å²) in [6.45, 7) is 4.03. The highest BCUT2D eigenvalue weighted by Gasteiger charge is 2.37. The highest BCUT2D eigenvalue weighted by Crippen LogP contribution is 2.45. The Morgan fingerprint density at radius 2 is 2.00 bits per heavy atom. The fraction of sp³-hybridized carbons (Fsp3) is 0.400. The molecule has 2 rings (SSSR count). The molecule has 0 amide bonds. The summed E-state index contributed by atoms with van der Waals surface area (Å²) in [7, 11) is 3.11. The predicted molar refractivity (Wildman–Crippen MR) is 105 cm³/mol. The SMILES string of the molecule is CCCC1=C(C(=O)OCC)C(c2cccc(OC)c2OC)/C(=C/N)C(N)=N1. The van der Waals surface area contributed by atoms with Crippen LogP contribution in [0.25, 0.3) is 0 Å². The normalized spacial score (nSPS) is 18.3. The lowest BCUT2D eigenvalue weighted by Gasteiger charge is -2.29. The molecule has 1 heterocycles. The molecule has 0 spiro atoms. The molecule has 0 radical (unpaired) electrons. The average molecular weight is 373 g/mol. The number of hydrogen-bond acceptors (Lipinski definition) is 7. The Morgan fingerprint density at radius 1 is 1.26 bits per heavy atom. The molecule has 146 valence electrons. The Morgan fingerprint density at radius 3 is 2.56 bits per heavy atom. The maximum Gasteiger partial charge on any atom is 0.336 e. The molecule has 4 N–H and O–H groups in total. The molecule has 1 atom stereocenters. The lowest BCUT2D eigenvalue weighted by Crippen LogP contribution is -2.30. The van der Waals surface area contributed by atoms with Crippen molar-refractivity contribution in [3.8, 4) is 11.5 Å². The summed E-state index contributed by atoms with van der Waals surface area (Å²) in [6, 6.07) is 5.47. The van der Waals surface area contributed by atoms with Crippen molar-refractivity contribution >= 4 is 11.8 Å². The molecular weight excluding hydrogens is 346 g/mol. The number of ether oxygens (including phenoxy) is 3. The molecule has 7 nitrogen and oxygen atoms in total. The van der Waals surface area contributed by atoms with Gasteiger partial charge in [0.15, 0.2) is 11.5 Å². The van der Waals surface area contributed by atoms with Crippen LogP contribution in [0.1, 0.15) is 38.2 Å². The highest BCUT2D eigenvalue weighted by molar-refractivity contribution is 6.06. The second-order valence-corrected chi connectivity index (χ2v) is 5.97. The second-order valence-electron chi connectivity index (χ2n) is 5.97. The molecule has 0 aromatic heterocycles. The van der Waals surface area contributed by atoms with Crippen molar-refractivity contribution in [3.05, 3.63) is 46.8 Å². The van der Waals surface area contributed by atoms with E-state index in [9.17, 15) is 4.79 Å². The van der Waals surface area contributed by atoms with Crippen molar-refractivity contribution < 1.29 is 19.0 Å². The number of para-hydroxylation sites is 1. The third-order valence-electron chi connectivity index (χ3n) is 4.37. The fourth-order valence-corrected chi connectivity index (χ4v) is 3.26. The molecule has 0 fully saturated rings. The zero-order chi connectivity index (χ0) is 20.0. The number of carbonyl (C=O) groups is 1. The molecule has 7 heteroatoms. The first-order chi connectivity index (χ1) is 13.0. The number of allylic oxidation sites excluding steroid dienone is 1. The summed E-state index contributed by atoms with van der Waals surface area (Å²) < 4.78 is 16.3. The number of rotatable bonds is 7. The zero-order valence-corrected chi connectivity index (χ0v) is 16.2. The summed E-state index contributed by atoms with van der Waals surface area (Å²) in [4.78, 5) is 17.3. The van der Waals surface area contributed by atoms with E-state index in [0.29, 0.717) is 40.3 Å². The first-order valence-corrected chi connectivity index (χ1v) is 8.91. The first-order valence-electron chi connectivity index (χ1n) is 8.91. The lowest BCUT2D eigenvalue weighted by molar-refractivity contribution is -0.138. The summed E-state index contributed by atoms with van der Waals surface area (Å²) in [5, 5.41) is 0. The molecule has 1 aromatic carbocycles. The maximum atomic E-state index is 12.9. The van der Waals surface area contributed by atoms with Gasteiger partial charge in [0, 0.05) is 17.3 Å². The van der Waals surface area contributed by atoms with Crippen LogP contribution in [0.4, 0.5) is 0 Å². The maximum absolute atomic E-state index is 12.9. The van der Waals surface area contributed by atoms with Crippen LogP contribution in [0.5, 0.6) is 11.5 Å². The number of aliphatic imine (C=N–C) groups is 1. The number of hydrogen-bond donors (Lipinski definition) is 2. The van der Waals surface area contributed by atoms with E-state index in [-0.39, 0.29) is 12.4 Å². The predicted octanol–water partition coefficient (Wildman–Crippen LogP) is 2.62. The lowest BCUT2D eigenvalue weighted by atomic mass is 9.80. The number of nitrogens with zero attached hydrogens (tertiary/aromatic N) is 1. The zero-order valence-electron chi connectivity index (χ0n) is 16.2. The van der Waals surface area contributed by atoms with Crippen molar-refractivity contribution in [2.75, 3.05) is 20.8 Å². The van der Waals surface area contributed by atoms with E-state index in [1.54, 1.807) is 27.2 Å². The van der Waals surface area contributed by atoms with E-state index >= 15 is 0 Å². The van der Waals surface area contributed by atoms with Crippen LogP contribution in [0.3, 0.4) is 0 Å². The van der Waals surface area contributed by atoms with Gasteiger partial charge >= 0.3 is 5.97 Å². The highest BCUT2D eigenvalue weighted by atomic mass is 16.5. The molecule has 1 aliphatic heterocycles. The standard InChI is InChI=1S/C20H27N3O4/c1-5-8-14-17(20(24)27-6-2)16(13(11-21)19(22)23-14)12-9-7-10-15(25-3)18(12)26-4/h7,9-11,16H,5-6,8,21H2,1-4H3,(H2,22,23)/b13-11-. The van der Waals surface area contributed by atoms with Crippen LogP contribution >= 0.6 is 0 Å². The quantitative estimate of drug-likeness (QED) is 0.711. The fourth-order valence-electron chi connectivity index (χ4n) is 3.26. The van der Waals surface area contributed by atoms with Crippen molar-refractivity contribution in [2.45, 2.75) is 32.6 Å². The Bertz CT molecular complexity index is 796. The van der Waals surface area contributed by atoms with Gasteiger partial charge in [-0.3, -0.25) is 0 Å². The topological polar surface area (TPSA) is 109 Å². The molecule has 27 heavy (non-hydrogen) atoms. The minimum atomic E-state index is -0.557. The van der Waals surface area contributed by atoms with Gasteiger partial charge in [0.25, 0.3) is 0 Å². The van der Waals surface area contributed by atoms with Gasteiger partial charge in [-0.25, -0.2) is 9.79 Å². The molecule has 1 unspecified atom stereocenters. The number of methoxy groups -OCH3 is 2. The molecule has 0 aliphatic carbocycles. The van der Waals surface area contributed by atoms with Gasteiger partial charge < -0.3 is 25.7 Å². The van der Waals surface area contributed by atoms with Crippen molar-refractivity contribution in [2.24, 2.45) is 16.5 Å². The summed E-state index contributed by atoms with van der Waals surface area (Å²) >= 11 is 0. The molecule has 1 aromatic rings. The Labute approximate surface area is 159 Å². The summed E-state index contributed by atoms with van der Waals surface area (Å²) in [5.41, 5.74) is 14.3. The van der Waals surface area contributed by atoms with E-state index in [4.69, 9.17) is 25.7 Å². The van der Waals surface area contributed by atoms with Crippen LogP contribution in [0, 0.1) is 0 Å². The summed E-state index contributed by atoms with van der Waals surface area (Å²) in [5.74, 6) is 0.345. The molecule has 1 aliphatic rings. The number of amidine groups is 1. The number of esters is 1. The van der Waals surface area contributed by atoms with Gasteiger partial charge in [-0.2, -0.15) is 0 Å². The van der Waals surface area contributed by atoms with Gasteiger partial charge in [0.05, 0.1) is 38.0 Å². The van der Waals surface area contributed by atoms with Gasteiger partial charge in [-0.15, -0.1) is 0 Å². The van der Waals surface area contributed by atoms with Crippen LogP contribution in [-0.2, 0) is 9.53 Å². The van der Waals surface area contributed by atoms with Gasteiger partial charge in [0.2, 0.25) is 0 Å². The van der Waals surface area contributed by atoms with E-state index < -0.39 is 11.9 Å².